The van der Waals surface area contributed by atoms with Gasteiger partial charge < -0.3 is 10.3 Å². The Labute approximate surface area is 130 Å². The minimum atomic E-state index is -4.40. The van der Waals surface area contributed by atoms with E-state index >= 15 is 0 Å². The normalized spacial score (nSPS) is 11.6. The fourth-order valence-electron chi connectivity index (χ4n) is 2.39. The van der Waals surface area contributed by atoms with Crippen LogP contribution in [0.4, 0.5) is 18.9 Å². The van der Waals surface area contributed by atoms with Gasteiger partial charge in [-0.3, -0.25) is 4.79 Å². The lowest BCUT2D eigenvalue weighted by atomic mass is 10.1. The summed E-state index contributed by atoms with van der Waals surface area (Å²) in [5.41, 5.74) is 0.866. The van der Waals surface area contributed by atoms with Crippen molar-refractivity contribution >= 4 is 22.4 Å². The van der Waals surface area contributed by atoms with Gasteiger partial charge in [0.05, 0.1) is 12.1 Å². The second-order valence-corrected chi connectivity index (χ2v) is 5.10. The first-order valence-corrected chi connectivity index (χ1v) is 6.95. The molecular weight excluding hydrogens is 305 g/mol. The van der Waals surface area contributed by atoms with E-state index in [2.05, 4.69) is 10.3 Å². The molecule has 0 saturated carbocycles. The maximum absolute atomic E-state index is 12.7. The summed E-state index contributed by atoms with van der Waals surface area (Å²) in [7, 11) is 0. The number of hydrogen-bond donors (Lipinski definition) is 2. The zero-order valence-electron chi connectivity index (χ0n) is 11.9. The molecule has 3 aromatic rings. The second-order valence-electron chi connectivity index (χ2n) is 5.10. The number of carbonyl (C=O) groups excluding carboxylic acids is 1. The number of nitrogens with one attached hydrogen (secondary N) is 2. The van der Waals surface area contributed by atoms with Gasteiger partial charge >= 0.3 is 6.18 Å². The number of fused-ring (bicyclic) bond motifs is 1. The number of aromatic amines is 1. The number of H-pyrrole nitrogens is 1. The summed E-state index contributed by atoms with van der Waals surface area (Å²) in [4.78, 5) is 15.3. The lowest BCUT2D eigenvalue weighted by Gasteiger charge is -2.10. The van der Waals surface area contributed by atoms with E-state index in [1.165, 1.54) is 12.1 Å². The molecule has 1 heterocycles. The van der Waals surface area contributed by atoms with Gasteiger partial charge in [0.15, 0.2) is 5.78 Å². The van der Waals surface area contributed by atoms with Gasteiger partial charge in [0.1, 0.15) is 0 Å². The molecule has 0 aliphatic heterocycles. The molecule has 23 heavy (non-hydrogen) atoms. The van der Waals surface area contributed by atoms with Crippen molar-refractivity contribution in [1.82, 2.24) is 4.98 Å². The van der Waals surface area contributed by atoms with E-state index in [1.54, 1.807) is 6.20 Å². The molecule has 0 fully saturated rings. The van der Waals surface area contributed by atoms with E-state index in [0.29, 0.717) is 5.56 Å². The van der Waals surface area contributed by atoms with Gasteiger partial charge in [0, 0.05) is 28.4 Å². The van der Waals surface area contributed by atoms with Crippen molar-refractivity contribution in [3.05, 3.63) is 65.9 Å². The van der Waals surface area contributed by atoms with E-state index < -0.39 is 11.7 Å². The Kier molecular flexibility index (Phi) is 3.82. The summed E-state index contributed by atoms with van der Waals surface area (Å²) in [6.07, 6.45) is -2.79. The number of benzene rings is 2. The predicted octanol–water partition coefficient (Wildman–Crippen LogP) is 4.48. The van der Waals surface area contributed by atoms with Crippen molar-refractivity contribution in [3.8, 4) is 0 Å². The summed E-state index contributed by atoms with van der Waals surface area (Å²) in [6.45, 7) is -0.0802. The van der Waals surface area contributed by atoms with E-state index in [-0.39, 0.29) is 18.0 Å². The van der Waals surface area contributed by atoms with Crippen molar-refractivity contribution in [2.75, 3.05) is 11.9 Å². The summed E-state index contributed by atoms with van der Waals surface area (Å²) < 4.78 is 38.0. The molecule has 0 unspecified atom stereocenters. The van der Waals surface area contributed by atoms with Gasteiger partial charge in [-0.1, -0.05) is 24.3 Å². The fourth-order valence-corrected chi connectivity index (χ4v) is 2.39. The summed E-state index contributed by atoms with van der Waals surface area (Å²) in [5.74, 6) is -0.195. The molecule has 118 valence electrons. The van der Waals surface area contributed by atoms with Crippen LogP contribution in [-0.2, 0) is 6.18 Å². The topological polar surface area (TPSA) is 44.9 Å². The molecule has 2 N–H and O–H groups in total. The molecule has 0 saturated heterocycles. The minimum Gasteiger partial charge on any atom is -0.378 e. The molecular formula is C17H13F3N2O. The van der Waals surface area contributed by atoms with Crippen LogP contribution in [0.3, 0.4) is 0 Å². The number of rotatable bonds is 4. The highest BCUT2D eigenvalue weighted by atomic mass is 19.4. The smallest absolute Gasteiger partial charge is 0.378 e. The average Bonchev–Trinajstić information content (AvgIpc) is 2.96. The molecule has 0 bridgehead atoms. The van der Waals surface area contributed by atoms with Gasteiger partial charge in [-0.15, -0.1) is 0 Å². The highest BCUT2D eigenvalue weighted by Gasteiger charge is 2.30. The van der Waals surface area contributed by atoms with E-state index in [4.69, 9.17) is 0 Å². The van der Waals surface area contributed by atoms with Gasteiger partial charge in [0.25, 0.3) is 0 Å². The lowest BCUT2D eigenvalue weighted by Crippen LogP contribution is -2.14. The monoisotopic (exact) mass is 318 g/mol. The summed E-state index contributed by atoms with van der Waals surface area (Å²) in [5, 5.41) is 3.54. The molecule has 6 heteroatoms. The van der Waals surface area contributed by atoms with E-state index in [9.17, 15) is 18.0 Å². The van der Waals surface area contributed by atoms with Crippen LogP contribution in [-0.4, -0.2) is 17.3 Å². The Bertz CT molecular complexity index is 852. The molecule has 0 aliphatic rings. The highest BCUT2D eigenvalue weighted by molar-refractivity contribution is 6.09. The third kappa shape index (κ3) is 3.21. The molecule has 0 aliphatic carbocycles. The second kappa shape index (κ2) is 5.79. The third-order valence-corrected chi connectivity index (χ3v) is 3.53. The van der Waals surface area contributed by atoms with Crippen LogP contribution in [0.1, 0.15) is 15.9 Å². The van der Waals surface area contributed by atoms with Crippen LogP contribution >= 0.6 is 0 Å². The number of hydrogen-bond acceptors (Lipinski definition) is 2. The molecule has 1 aromatic heterocycles. The van der Waals surface area contributed by atoms with Crippen LogP contribution in [0.5, 0.6) is 0 Å². The first kappa shape index (κ1) is 15.1. The average molecular weight is 318 g/mol. The maximum atomic E-state index is 12.7. The van der Waals surface area contributed by atoms with Crippen molar-refractivity contribution in [1.29, 1.82) is 0 Å². The highest BCUT2D eigenvalue weighted by Crippen LogP contribution is 2.30. The predicted molar refractivity (Wildman–Crippen MR) is 82.6 cm³/mol. The standard InChI is InChI=1S/C17H13F3N2O/c18-17(19,20)11-4-3-5-12(8-11)21-10-16(23)14-9-22-15-7-2-1-6-13(14)15/h1-9,21-22H,10H2. The number of aromatic nitrogens is 1. The van der Waals surface area contributed by atoms with Gasteiger partial charge in [-0.25, -0.2) is 0 Å². The van der Waals surface area contributed by atoms with Crippen LogP contribution in [0, 0.1) is 0 Å². The largest absolute Gasteiger partial charge is 0.416 e. The SMILES string of the molecule is O=C(CNc1cccc(C(F)(F)F)c1)c1c[nH]c2ccccc12. The molecule has 3 nitrogen and oxygen atoms in total. The molecule has 0 spiro atoms. The minimum absolute atomic E-state index is 0.0802. The number of ketones is 1. The number of anilines is 1. The van der Waals surface area contributed by atoms with Crippen LogP contribution < -0.4 is 5.32 Å². The van der Waals surface area contributed by atoms with Gasteiger partial charge in [0.2, 0.25) is 0 Å². The van der Waals surface area contributed by atoms with Crippen LogP contribution in [0.15, 0.2) is 54.7 Å². The van der Waals surface area contributed by atoms with E-state index in [0.717, 1.165) is 23.0 Å². The number of para-hydroxylation sites is 1. The quantitative estimate of drug-likeness (QED) is 0.697. The van der Waals surface area contributed by atoms with Crippen molar-refractivity contribution in [2.24, 2.45) is 0 Å². The number of Topliss-reactive ketones (excluding diaryl/α,β-unsaturated/α-hetero) is 1. The van der Waals surface area contributed by atoms with Crippen molar-refractivity contribution in [2.45, 2.75) is 6.18 Å². The van der Waals surface area contributed by atoms with Crippen molar-refractivity contribution < 1.29 is 18.0 Å². The molecule has 0 atom stereocenters. The molecule has 3 rings (SSSR count). The van der Waals surface area contributed by atoms with Crippen LogP contribution in [0.25, 0.3) is 10.9 Å². The molecule has 0 amide bonds. The number of halogens is 3. The molecule has 0 radical (unpaired) electrons. The van der Waals surface area contributed by atoms with E-state index in [1.807, 2.05) is 24.3 Å². The Morgan fingerprint density at radius 1 is 1.09 bits per heavy atom. The van der Waals surface area contributed by atoms with Gasteiger partial charge in [-0.2, -0.15) is 13.2 Å². The van der Waals surface area contributed by atoms with Gasteiger partial charge in [-0.05, 0) is 24.3 Å². The fraction of sp³-hybridized carbons (Fsp3) is 0.118. The number of carbonyl (C=O) groups is 1. The summed E-state index contributed by atoms with van der Waals surface area (Å²) >= 11 is 0. The van der Waals surface area contributed by atoms with Crippen LogP contribution in [0.2, 0.25) is 0 Å². The third-order valence-electron chi connectivity index (χ3n) is 3.53. The lowest BCUT2D eigenvalue weighted by molar-refractivity contribution is -0.137. The summed E-state index contributed by atoms with van der Waals surface area (Å²) in [6, 6.07) is 12.1. The Morgan fingerprint density at radius 3 is 2.65 bits per heavy atom. The Balaban J connectivity index is 1.75. The Morgan fingerprint density at radius 2 is 1.87 bits per heavy atom. The number of alkyl halides is 3. The molecule has 2 aromatic carbocycles. The maximum Gasteiger partial charge on any atom is 0.416 e. The Hall–Kier alpha value is -2.76. The van der Waals surface area contributed by atoms with Crippen molar-refractivity contribution in [3.63, 3.8) is 0 Å². The zero-order chi connectivity index (χ0) is 16.4. The zero-order valence-corrected chi connectivity index (χ0v) is 11.9. The first-order chi connectivity index (χ1) is 10.9. The first-order valence-electron chi connectivity index (χ1n) is 6.95.